The first kappa shape index (κ1) is 16.5. The molecule has 27 heavy (non-hydrogen) atoms. The van der Waals surface area contributed by atoms with E-state index < -0.39 is 0 Å². The quantitative estimate of drug-likeness (QED) is 0.655. The minimum atomic E-state index is -0.0701. The number of nitrogens with zero attached hydrogens (tertiary/aromatic N) is 4. The lowest BCUT2D eigenvalue weighted by atomic mass is 9.67. The topological polar surface area (TPSA) is 52.2 Å². The van der Waals surface area contributed by atoms with E-state index in [4.69, 9.17) is 0 Å². The fourth-order valence-corrected chi connectivity index (χ4v) is 5.37. The highest BCUT2D eigenvalue weighted by Gasteiger charge is 2.45. The van der Waals surface area contributed by atoms with Crippen LogP contribution in [0.3, 0.4) is 0 Å². The largest absolute Gasteiger partial charge is 0.273 e. The Bertz CT molecular complexity index is 1150. The van der Waals surface area contributed by atoms with Crippen LogP contribution in [0.1, 0.15) is 47.9 Å². The molecule has 5 nitrogen and oxygen atoms in total. The van der Waals surface area contributed by atoms with E-state index in [9.17, 15) is 4.79 Å². The summed E-state index contributed by atoms with van der Waals surface area (Å²) in [4.78, 5) is 13.7. The Labute approximate surface area is 158 Å². The molecule has 0 amide bonds. The van der Waals surface area contributed by atoms with Gasteiger partial charge in [0.05, 0.1) is 5.69 Å². The summed E-state index contributed by atoms with van der Waals surface area (Å²) in [5, 5.41) is 8.43. The SMILES string of the molecule is C=CCn1c(=O)c2c(n3cnnc13)-c1c(C)ccc(C)c1CC21CCCC1. The summed E-state index contributed by atoms with van der Waals surface area (Å²) in [5.74, 6) is 0.598. The molecule has 0 aliphatic heterocycles. The standard InChI is InChI=1S/C22H24N4O/c1-4-11-25-20(27)18-19(26-13-23-24-21(25)26)17-15(3)8-7-14(2)16(17)12-22(18)9-5-6-10-22/h4,7-8,13H,1,5-6,9-12H2,2-3H3. The van der Waals surface area contributed by atoms with Crippen molar-refractivity contribution in [2.45, 2.75) is 57.9 Å². The van der Waals surface area contributed by atoms with Gasteiger partial charge in [0.1, 0.15) is 6.33 Å². The summed E-state index contributed by atoms with van der Waals surface area (Å²) in [6, 6.07) is 4.38. The Morgan fingerprint density at radius 2 is 1.96 bits per heavy atom. The van der Waals surface area contributed by atoms with Crippen LogP contribution in [0.15, 0.2) is 35.9 Å². The molecule has 0 unspecified atom stereocenters. The van der Waals surface area contributed by atoms with Gasteiger partial charge in [-0.05, 0) is 49.8 Å². The first-order valence-electron chi connectivity index (χ1n) is 9.75. The molecule has 2 aliphatic rings. The summed E-state index contributed by atoms with van der Waals surface area (Å²) in [6.45, 7) is 8.61. The van der Waals surface area contributed by atoms with E-state index in [1.165, 1.54) is 35.1 Å². The molecule has 0 saturated heterocycles. The second-order valence-corrected chi connectivity index (χ2v) is 8.15. The number of fused-ring (bicyclic) bond motifs is 6. The van der Waals surface area contributed by atoms with Gasteiger partial charge < -0.3 is 0 Å². The molecule has 1 fully saturated rings. The third kappa shape index (κ3) is 2.08. The molecule has 1 saturated carbocycles. The zero-order valence-corrected chi connectivity index (χ0v) is 16.0. The predicted molar refractivity (Wildman–Crippen MR) is 106 cm³/mol. The molecule has 2 aliphatic carbocycles. The van der Waals surface area contributed by atoms with Crippen molar-refractivity contribution in [1.29, 1.82) is 0 Å². The minimum Gasteiger partial charge on any atom is -0.273 e. The zero-order valence-electron chi connectivity index (χ0n) is 16.0. The van der Waals surface area contributed by atoms with Gasteiger partial charge in [0.15, 0.2) is 0 Å². The van der Waals surface area contributed by atoms with Crippen LogP contribution < -0.4 is 5.56 Å². The van der Waals surface area contributed by atoms with Crippen LogP contribution in [0.4, 0.5) is 0 Å². The number of aromatic nitrogens is 4. The van der Waals surface area contributed by atoms with Crippen LogP contribution in [0, 0.1) is 13.8 Å². The smallest absolute Gasteiger partial charge is 0.259 e. The molecule has 0 bridgehead atoms. The fraction of sp³-hybridized carbons (Fsp3) is 0.409. The van der Waals surface area contributed by atoms with Crippen LogP contribution in [0.2, 0.25) is 0 Å². The molecule has 138 valence electrons. The maximum absolute atomic E-state index is 13.7. The van der Waals surface area contributed by atoms with E-state index >= 15 is 0 Å². The summed E-state index contributed by atoms with van der Waals surface area (Å²) in [7, 11) is 0. The molecular weight excluding hydrogens is 336 g/mol. The van der Waals surface area contributed by atoms with E-state index in [0.29, 0.717) is 12.3 Å². The van der Waals surface area contributed by atoms with Gasteiger partial charge in [0, 0.05) is 23.1 Å². The zero-order chi connectivity index (χ0) is 18.8. The van der Waals surface area contributed by atoms with E-state index in [1.54, 1.807) is 17.0 Å². The molecule has 5 heteroatoms. The summed E-state index contributed by atoms with van der Waals surface area (Å²) >= 11 is 0. The van der Waals surface area contributed by atoms with E-state index in [0.717, 1.165) is 30.5 Å². The average Bonchev–Trinajstić information content (AvgIpc) is 3.31. The number of allylic oxidation sites excluding steroid dienone is 1. The van der Waals surface area contributed by atoms with E-state index in [-0.39, 0.29) is 11.0 Å². The minimum absolute atomic E-state index is 0.0701. The third-order valence-corrected chi connectivity index (χ3v) is 6.62. The van der Waals surface area contributed by atoms with Gasteiger partial charge >= 0.3 is 0 Å². The molecule has 0 N–H and O–H groups in total. The van der Waals surface area contributed by atoms with E-state index in [2.05, 4.69) is 42.8 Å². The van der Waals surface area contributed by atoms with Crippen molar-refractivity contribution in [2.24, 2.45) is 0 Å². The number of aryl methyl sites for hydroxylation is 2. The number of rotatable bonds is 2. The molecule has 1 spiro atoms. The first-order valence-corrected chi connectivity index (χ1v) is 9.75. The summed E-state index contributed by atoms with van der Waals surface area (Å²) in [6.07, 6.45) is 8.98. The van der Waals surface area contributed by atoms with Crippen LogP contribution in [0.5, 0.6) is 0 Å². The monoisotopic (exact) mass is 360 g/mol. The summed E-state index contributed by atoms with van der Waals surface area (Å²) < 4.78 is 3.76. The second-order valence-electron chi connectivity index (χ2n) is 8.15. The Morgan fingerprint density at radius 1 is 1.22 bits per heavy atom. The second kappa shape index (κ2) is 5.65. The van der Waals surface area contributed by atoms with Crippen molar-refractivity contribution >= 4 is 5.78 Å². The molecule has 0 atom stereocenters. The number of hydrogen-bond acceptors (Lipinski definition) is 3. The molecule has 2 heterocycles. The normalized spacial score (nSPS) is 17.3. The Balaban J connectivity index is 2.01. The number of hydrogen-bond donors (Lipinski definition) is 0. The van der Waals surface area contributed by atoms with Crippen molar-refractivity contribution in [3.63, 3.8) is 0 Å². The van der Waals surface area contributed by atoms with Crippen molar-refractivity contribution in [2.75, 3.05) is 0 Å². The Kier molecular flexibility index (Phi) is 3.45. The average molecular weight is 360 g/mol. The van der Waals surface area contributed by atoms with Gasteiger partial charge in [0.2, 0.25) is 5.78 Å². The van der Waals surface area contributed by atoms with E-state index in [1.807, 2.05) is 4.40 Å². The lowest BCUT2D eigenvalue weighted by molar-refractivity contribution is 0.421. The van der Waals surface area contributed by atoms with Gasteiger partial charge in [-0.15, -0.1) is 16.8 Å². The highest BCUT2D eigenvalue weighted by molar-refractivity contribution is 5.77. The van der Waals surface area contributed by atoms with Crippen molar-refractivity contribution < 1.29 is 0 Å². The third-order valence-electron chi connectivity index (χ3n) is 6.62. The van der Waals surface area contributed by atoms with Gasteiger partial charge in [-0.2, -0.15) is 0 Å². The molecule has 0 radical (unpaired) electrons. The lowest BCUT2D eigenvalue weighted by Crippen LogP contribution is -2.41. The fourth-order valence-electron chi connectivity index (χ4n) is 5.37. The highest BCUT2D eigenvalue weighted by atomic mass is 16.1. The molecule has 5 rings (SSSR count). The van der Waals surface area contributed by atoms with Crippen molar-refractivity contribution in [3.05, 3.63) is 63.7 Å². The van der Waals surface area contributed by atoms with Crippen LogP contribution in [-0.4, -0.2) is 19.2 Å². The molecule has 2 aromatic heterocycles. The maximum Gasteiger partial charge on any atom is 0.259 e. The van der Waals surface area contributed by atoms with Gasteiger partial charge in [-0.25, -0.2) is 0 Å². The van der Waals surface area contributed by atoms with Crippen molar-refractivity contribution in [1.82, 2.24) is 19.2 Å². The van der Waals surface area contributed by atoms with Crippen molar-refractivity contribution in [3.8, 4) is 11.3 Å². The summed E-state index contributed by atoms with van der Waals surface area (Å²) in [5.41, 5.74) is 7.11. The van der Waals surface area contributed by atoms with Crippen LogP contribution in [-0.2, 0) is 18.4 Å². The first-order chi connectivity index (χ1) is 13.1. The maximum atomic E-state index is 13.7. The van der Waals surface area contributed by atoms with Gasteiger partial charge in [0.25, 0.3) is 5.56 Å². The van der Waals surface area contributed by atoms with Gasteiger partial charge in [-0.1, -0.05) is 31.1 Å². The molecule has 3 aromatic rings. The predicted octanol–water partition coefficient (Wildman–Crippen LogP) is 3.73. The highest BCUT2D eigenvalue weighted by Crippen LogP contribution is 2.51. The Morgan fingerprint density at radius 3 is 2.70 bits per heavy atom. The molecular formula is C22H24N4O. The number of benzene rings is 1. The molecule has 1 aromatic carbocycles. The lowest BCUT2D eigenvalue weighted by Gasteiger charge is -2.38. The van der Waals surface area contributed by atoms with Gasteiger partial charge in [-0.3, -0.25) is 13.8 Å². The Hall–Kier alpha value is -2.69. The van der Waals surface area contributed by atoms with Crippen LogP contribution in [0.25, 0.3) is 17.0 Å². The van der Waals surface area contributed by atoms with Crippen LogP contribution >= 0.6 is 0 Å².